The maximum absolute atomic E-state index is 6.25. The number of nitrogen functional groups attached to an aromatic ring is 1. The van der Waals surface area contributed by atoms with Gasteiger partial charge in [0.15, 0.2) is 0 Å². The highest BCUT2D eigenvalue weighted by molar-refractivity contribution is 5.79. The van der Waals surface area contributed by atoms with Gasteiger partial charge in [0.2, 0.25) is 0 Å². The summed E-state index contributed by atoms with van der Waals surface area (Å²) in [5.74, 6) is 1.44. The van der Waals surface area contributed by atoms with Crippen LogP contribution in [-0.4, -0.2) is 16.0 Å². The minimum Gasteiger partial charge on any atom is -0.493 e. The molecule has 0 atom stereocenters. The molecule has 4 heteroatoms. The van der Waals surface area contributed by atoms with Crippen LogP contribution < -0.4 is 10.5 Å². The second-order valence-corrected chi connectivity index (χ2v) is 4.71. The number of anilines is 1. The Morgan fingerprint density at radius 2 is 2.00 bits per heavy atom. The van der Waals surface area contributed by atoms with Crippen LogP contribution in [0.3, 0.4) is 0 Å². The monoisotopic (exact) mass is 267 g/mol. The third-order valence-electron chi connectivity index (χ3n) is 3.25. The van der Waals surface area contributed by atoms with Crippen molar-refractivity contribution < 1.29 is 4.74 Å². The lowest BCUT2D eigenvalue weighted by atomic mass is 10.1. The number of fused-ring (bicyclic) bond motifs is 1. The Balaban J connectivity index is 2.22. The molecular formula is C16H17N3O. The van der Waals surface area contributed by atoms with Crippen molar-refractivity contribution in [2.45, 2.75) is 13.8 Å². The predicted molar refractivity (Wildman–Crippen MR) is 80.9 cm³/mol. The van der Waals surface area contributed by atoms with Gasteiger partial charge in [0.1, 0.15) is 22.9 Å². The number of hydrogen-bond acceptors (Lipinski definition) is 3. The molecular weight excluding hydrogens is 250 g/mol. The van der Waals surface area contributed by atoms with Crippen LogP contribution in [-0.2, 0) is 0 Å². The second-order valence-electron chi connectivity index (χ2n) is 4.71. The van der Waals surface area contributed by atoms with E-state index < -0.39 is 0 Å². The number of aromatic nitrogens is 2. The molecule has 0 bridgehead atoms. The third-order valence-corrected chi connectivity index (χ3v) is 3.25. The van der Waals surface area contributed by atoms with Crippen LogP contribution in [0.15, 0.2) is 42.6 Å². The SMILES string of the molecule is CCOc1ccccc1-c1nc2ccc(C)cn2c1N. The molecule has 0 amide bonds. The smallest absolute Gasteiger partial charge is 0.139 e. The fraction of sp³-hybridized carbons (Fsp3) is 0.188. The minimum atomic E-state index is 0.614. The van der Waals surface area contributed by atoms with Crippen molar-refractivity contribution in [1.29, 1.82) is 0 Å². The summed E-state index contributed by atoms with van der Waals surface area (Å²) < 4.78 is 7.57. The van der Waals surface area contributed by atoms with E-state index in [0.717, 1.165) is 28.2 Å². The summed E-state index contributed by atoms with van der Waals surface area (Å²) in [5.41, 5.74) is 9.92. The third kappa shape index (κ3) is 1.99. The molecule has 0 saturated heterocycles. The largest absolute Gasteiger partial charge is 0.493 e. The lowest BCUT2D eigenvalue weighted by molar-refractivity contribution is 0.341. The Morgan fingerprint density at radius 1 is 1.20 bits per heavy atom. The van der Waals surface area contributed by atoms with E-state index >= 15 is 0 Å². The Hall–Kier alpha value is -2.49. The molecule has 3 rings (SSSR count). The van der Waals surface area contributed by atoms with Crippen molar-refractivity contribution in [3.63, 3.8) is 0 Å². The Kier molecular flexibility index (Phi) is 3.06. The van der Waals surface area contributed by atoms with Gasteiger partial charge in [-0.1, -0.05) is 18.2 Å². The van der Waals surface area contributed by atoms with Crippen molar-refractivity contribution in [2.24, 2.45) is 0 Å². The van der Waals surface area contributed by atoms with Crippen LogP contribution in [0.5, 0.6) is 5.75 Å². The van der Waals surface area contributed by atoms with Crippen molar-refractivity contribution >= 4 is 11.5 Å². The van der Waals surface area contributed by atoms with Crippen molar-refractivity contribution in [2.75, 3.05) is 12.3 Å². The Morgan fingerprint density at radius 3 is 2.80 bits per heavy atom. The maximum Gasteiger partial charge on any atom is 0.139 e. The normalized spacial score (nSPS) is 10.9. The summed E-state index contributed by atoms with van der Waals surface area (Å²) in [6.45, 7) is 4.61. The maximum atomic E-state index is 6.25. The number of ether oxygens (including phenoxy) is 1. The average molecular weight is 267 g/mol. The topological polar surface area (TPSA) is 52.5 Å². The first-order valence-electron chi connectivity index (χ1n) is 6.67. The molecule has 0 unspecified atom stereocenters. The van der Waals surface area contributed by atoms with E-state index in [2.05, 4.69) is 4.98 Å². The lowest BCUT2D eigenvalue weighted by Gasteiger charge is -2.08. The Labute approximate surface area is 117 Å². The second kappa shape index (κ2) is 4.89. The summed E-state index contributed by atoms with van der Waals surface area (Å²) in [4.78, 5) is 4.62. The first kappa shape index (κ1) is 12.5. The fourth-order valence-corrected chi connectivity index (χ4v) is 2.31. The number of hydrogen-bond donors (Lipinski definition) is 1. The molecule has 102 valence electrons. The van der Waals surface area contributed by atoms with E-state index in [1.54, 1.807) is 0 Å². The minimum absolute atomic E-state index is 0.614. The van der Waals surface area contributed by atoms with Crippen LogP contribution in [0.4, 0.5) is 5.82 Å². The molecule has 0 spiro atoms. The zero-order chi connectivity index (χ0) is 14.1. The van der Waals surface area contributed by atoms with Crippen molar-refractivity contribution in [3.05, 3.63) is 48.2 Å². The zero-order valence-corrected chi connectivity index (χ0v) is 11.6. The van der Waals surface area contributed by atoms with Gasteiger partial charge >= 0.3 is 0 Å². The number of aryl methyl sites for hydroxylation is 1. The number of imidazole rings is 1. The summed E-state index contributed by atoms with van der Waals surface area (Å²) in [6.07, 6.45) is 1.99. The molecule has 0 radical (unpaired) electrons. The van der Waals surface area contributed by atoms with Crippen molar-refractivity contribution in [3.8, 4) is 17.0 Å². The molecule has 0 saturated carbocycles. The summed E-state index contributed by atoms with van der Waals surface area (Å²) in [6, 6.07) is 11.8. The lowest BCUT2D eigenvalue weighted by Crippen LogP contribution is -1.97. The Bertz CT molecular complexity index is 762. The van der Waals surface area contributed by atoms with Gasteiger partial charge in [0.05, 0.1) is 6.61 Å². The first-order chi connectivity index (χ1) is 9.70. The molecule has 20 heavy (non-hydrogen) atoms. The van der Waals surface area contributed by atoms with Gasteiger partial charge in [-0.2, -0.15) is 0 Å². The molecule has 2 heterocycles. The number of nitrogens with two attached hydrogens (primary N) is 1. The van der Waals surface area contributed by atoms with E-state index in [9.17, 15) is 0 Å². The zero-order valence-electron chi connectivity index (χ0n) is 11.6. The molecule has 3 aromatic rings. The van der Waals surface area contributed by atoms with Gasteiger partial charge in [-0.05, 0) is 37.6 Å². The van der Waals surface area contributed by atoms with Crippen LogP contribution in [0, 0.1) is 6.92 Å². The highest BCUT2D eigenvalue weighted by atomic mass is 16.5. The van der Waals surface area contributed by atoms with Crippen LogP contribution in [0.2, 0.25) is 0 Å². The fourth-order valence-electron chi connectivity index (χ4n) is 2.31. The predicted octanol–water partition coefficient (Wildman–Crippen LogP) is 3.29. The van der Waals surface area contributed by atoms with Gasteiger partial charge in [-0.25, -0.2) is 4.98 Å². The summed E-state index contributed by atoms with van der Waals surface area (Å²) in [5, 5.41) is 0. The van der Waals surface area contributed by atoms with E-state index in [0.29, 0.717) is 12.4 Å². The molecule has 0 aliphatic heterocycles. The van der Waals surface area contributed by atoms with Crippen LogP contribution in [0.25, 0.3) is 16.9 Å². The highest BCUT2D eigenvalue weighted by Crippen LogP contribution is 2.33. The standard InChI is InChI=1S/C16H17N3O/c1-3-20-13-7-5-4-6-12(13)15-16(17)19-10-11(2)8-9-14(19)18-15/h4-10H,3,17H2,1-2H3. The van der Waals surface area contributed by atoms with Crippen LogP contribution in [0.1, 0.15) is 12.5 Å². The molecule has 0 fully saturated rings. The molecule has 2 aromatic heterocycles. The van der Waals surface area contributed by atoms with Gasteiger partial charge < -0.3 is 10.5 Å². The van der Waals surface area contributed by atoms with Gasteiger partial charge in [0.25, 0.3) is 0 Å². The number of pyridine rings is 1. The highest BCUT2D eigenvalue weighted by Gasteiger charge is 2.15. The van der Waals surface area contributed by atoms with Crippen molar-refractivity contribution in [1.82, 2.24) is 9.38 Å². The van der Waals surface area contributed by atoms with Gasteiger partial charge in [-0.3, -0.25) is 4.40 Å². The molecule has 1 aromatic carbocycles. The number of para-hydroxylation sites is 1. The molecule has 0 aliphatic carbocycles. The van der Waals surface area contributed by atoms with Gasteiger partial charge in [-0.15, -0.1) is 0 Å². The number of benzene rings is 1. The molecule has 2 N–H and O–H groups in total. The van der Waals surface area contributed by atoms with E-state index in [1.807, 2.05) is 60.8 Å². The first-order valence-corrected chi connectivity index (χ1v) is 6.67. The van der Waals surface area contributed by atoms with E-state index in [-0.39, 0.29) is 0 Å². The quantitative estimate of drug-likeness (QED) is 0.792. The van der Waals surface area contributed by atoms with Crippen LogP contribution >= 0.6 is 0 Å². The average Bonchev–Trinajstić information content (AvgIpc) is 2.77. The number of rotatable bonds is 3. The van der Waals surface area contributed by atoms with E-state index in [4.69, 9.17) is 10.5 Å². The summed E-state index contributed by atoms with van der Waals surface area (Å²) in [7, 11) is 0. The number of nitrogens with zero attached hydrogens (tertiary/aromatic N) is 2. The summed E-state index contributed by atoms with van der Waals surface area (Å²) >= 11 is 0. The molecule has 0 aliphatic rings. The van der Waals surface area contributed by atoms with E-state index in [1.165, 1.54) is 0 Å². The molecule has 4 nitrogen and oxygen atoms in total. The van der Waals surface area contributed by atoms with Gasteiger partial charge in [0, 0.05) is 11.8 Å².